The van der Waals surface area contributed by atoms with Crippen molar-refractivity contribution < 1.29 is 18.6 Å². The highest BCUT2D eigenvalue weighted by molar-refractivity contribution is 5.17. The second-order valence-electron chi connectivity index (χ2n) is 7.18. The third-order valence-electron chi connectivity index (χ3n) is 4.86. The van der Waals surface area contributed by atoms with Gasteiger partial charge in [0.15, 0.2) is 6.29 Å². The maximum Gasteiger partial charge on any atom is 0.227 e. The molecular formula is C23H30O5. The standard InChI is InChI=1S/C23H30O5/c24-21-16-20(17-28-23-13-7-9-15-26-23)27-18-22(21)25-14-8-2-1-4-10-19-11-5-3-6-12-19/h3,5-6,11-12,16,18,23H,1-2,4,7-10,13-15,17H2. The molecule has 1 aromatic heterocycles. The summed E-state index contributed by atoms with van der Waals surface area (Å²) in [5, 5.41) is 0. The Morgan fingerprint density at radius 1 is 1.04 bits per heavy atom. The number of ether oxygens (including phenoxy) is 3. The van der Waals surface area contributed by atoms with Gasteiger partial charge in [-0.2, -0.15) is 0 Å². The fraction of sp³-hybridized carbons (Fsp3) is 0.522. The van der Waals surface area contributed by atoms with Gasteiger partial charge in [0.05, 0.1) is 6.61 Å². The van der Waals surface area contributed by atoms with Crippen LogP contribution in [0.1, 0.15) is 56.3 Å². The van der Waals surface area contributed by atoms with Crippen LogP contribution in [0.5, 0.6) is 5.75 Å². The number of rotatable bonds is 11. The summed E-state index contributed by atoms with van der Waals surface area (Å²) in [6.07, 6.45) is 9.72. The Morgan fingerprint density at radius 2 is 1.89 bits per heavy atom. The molecule has 3 rings (SSSR count). The number of benzene rings is 1. The number of aryl methyl sites for hydroxylation is 1. The molecular weight excluding hydrogens is 356 g/mol. The predicted molar refractivity (Wildman–Crippen MR) is 107 cm³/mol. The molecule has 1 unspecified atom stereocenters. The van der Waals surface area contributed by atoms with Crippen LogP contribution in [0.3, 0.4) is 0 Å². The highest BCUT2D eigenvalue weighted by atomic mass is 16.7. The largest absolute Gasteiger partial charge is 0.487 e. The van der Waals surface area contributed by atoms with Crippen LogP contribution in [-0.2, 0) is 22.5 Å². The van der Waals surface area contributed by atoms with Crippen molar-refractivity contribution in [2.24, 2.45) is 0 Å². The van der Waals surface area contributed by atoms with Gasteiger partial charge in [-0.25, -0.2) is 0 Å². The number of unbranched alkanes of at least 4 members (excludes halogenated alkanes) is 3. The first kappa shape index (κ1) is 20.6. The van der Waals surface area contributed by atoms with Crippen LogP contribution < -0.4 is 10.2 Å². The zero-order valence-electron chi connectivity index (χ0n) is 16.4. The molecule has 1 saturated heterocycles. The summed E-state index contributed by atoms with van der Waals surface area (Å²) in [7, 11) is 0. The Morgan fingerprint density at radius 3 is 2.68 bits per heavy atom. The number of hydrogen-bond acceptors (Lipinski definition) is 5. The molecule has 0 bridgehead atoms. The normalized spacial score (nSPS) is 16.8. The lowest BCUT2D eigenvalue weighted by Crippen LogP contribution is -2.22. The van der Waals surface area contributed by atoms with Crippen LogP contribution in [0.25, 0.3) is 0 Å². The van der Waals surface area contributed by atoms with E-state index >= 15 is 0 Å². The van der Waals surface area contributed by atoms with Gasteiger partial charge in [0, 0.05) is 12.7 Å². The van der Waals surface area contributed by atoms with Crippen molar-refractivity contribution in [3.8, 4) is 5.75 Å². The zero-order chi connectivity index (χ0) is 19.4. The van der Waals surface area contributed by atoms with E-state index in [0.717, 1.165) is 51.6 Å². The Labute approximate surface area is 166 Å². The molecule has 0 saturated carbocycles. The Kier molecular flexibility index (Phi) is 8.59. The third-order valence-corrected chi connectivity index (χ3v) is 4.86. The summed E-state index contributed by atoms with van der Waals surface area (Å²) in [4.78, 5) is 12.1. The summed E-state index contributed by atoms with van der Waals surface area (Å²) < 4.78 is 22.2. The lowest BCUT2D eigenvalue weighted by molar-refractivity contribution is -0.171. The van der Waals surface area contributed by atoms with Crippen LogP contribution in [0, 0.1) is 0 Å². The van der Waals surface area contributed by atoms with Gasteiger partial charge in [-0.05, 0) is 44.1 Å². The SMILES string of the molecule is O=c1cc(COC2CCCCO2)occ1OCCCCCCc1ccccc1. The minimum Gasteiger partial charge on any atom is -0.487 e. The molecule has 152 valence electrons. The molecule has 1 aliphatic rings. The smallest absolute Gasteiger partial charge is 0.227 e. The van der Waals surface area contributed by atoms with Crippen LogP contribution in [0.4, 0.5) is 0 Å². The van der Waals surface area contributed by atoms with E-state index in [1.807, 2.05) is 6.07 Å². The van der Waals surface area contributed by atoms with Crippen molar-refractivity contribution in [3.05, 3.63) is 64.2 Å². The van der Waals surface area contributed by atoms with Gasteiger partial charge in [-0.1, -0.05) is 43.2 Å². The molecule has 5 heteroatoms. The molecule has 5 nitrogen and oxygen atoms in total. The molecule has 28 heavy (non-hydrogen) atoms. The highest BCUT2D eigenvalue weighted by Gasteiger charge is 2.15. The van der Waals surface area contributed by atoms with Gasteiger partial charge in [0.1, 0.15) is 18.6 Å². The predicted octanol–water partition coefficient (Wildman–Crippen LogP) is 4.86. The minimum atomic E-state index is -0.197. The van der Waals surface area contributed by atoms with Crippen molar-refractivity contribution >= 4 is 0 Å². The van der Waals surface area contributed by atoms with Crippen molar-refractivity contribution in [1.82, 2.24) is 0 Å². The quantitative estimate of drug-likeness (QED) is 0.516. The monoisotopic (exact) mass is 386 g/mol. The van der Waals surface area contributed by atoms with Crippen molar-refractivity contribution in [2.75, 3.05) is 13.2 Å². The van der Waals surface area contributed by atoms with E-state index in [9.17, 15) is 4.79 Å². The van der Waals surface area contributed by atoms with Crippen LogP contribution in [0.2, 0.25) is 0 Å². The molecule has 1 aliphatic heterocycles. The van der Waals surface area contributed by atoms with E-state index in [1.165, 1.54) is 24.3 Å². The Bertz CT molecular complexity index is 734. The molecule has 0 spiro atoms. The highest BCUT2D eigenvalue weighted by Crippen LogP contribution is 2.16. The van der Waals surface area contributed by atoms with E-state index in [2.05, 4.69) is 24.3 Å². The first-order valence-corrected chi connectivity index (χ1v) is 10.3. The Hall–Kier alpha value is -2.11. The lowest BCUT2D eigenvalue weighted by atomic mass is 10.1. The van der Waals surface area contributed by atoms with Crippen LogP contribution in [0.15, 0.2) is 51.9 Å². The molecule has 1 atom stereocenters. The summed E-state index contributed by atoms with van der Waals surface area (Å²) >= 11 is 0. The first-order valence-electron chi connectivity index (χ1n) is 10.3. The van der Waals surface area contributed by atoms with Gasteiger partial charge in [-0.15, -0.1) is 0 Å². The van der Waals surface area contributed by atoms with Crippen LogP contribution >= 0.6 is 0 Å². The maximum atomic E-state index is 12.1. The lowest BCUT2D eigenvalue weighted by Gasteiger charge is -2.22. The third kappa shape index (κ3) is 7.13. The molecule has 1 aromatic carbocycles. The van der Waals surface area contributed by atoms with E-state index in [0.29, 0.717) is 12.4 Å². The summed E-state index contributed by atoms with van der Waals surface area (Å²) in [5.41, 5.74) is 1.22. The zero-order valence-corrected chi connectivity index (χ0v) is 16.4. The molecule has 2 aromatic rings. The topological polar surface area (TPSA) is 57.9 Å². The van der Waals surface area contributed by atoms with Gasteiger partial charge < -0.3 is 18.6 Å². The van der Waals surface area contributed by atoms with E-state index < -0.39 is 0 Å². The first-order chi connectivity index (χ1) is 13.8. The second kappa shape index (κ2) is 11.7. The summed E-state index contributed by atoms with van der Waals surface area (Å²) in [6.45, 7) is 1.50. The maximum absolute atomic E-state index is 12.1. The molecule has 0 N–H and O–H groups in total. The van der Waals surface area contributed by atoms with Gasteiger partial charge in [0.25, 0.3) is 0 Å². The molecule has 0 amide bonds. The molecule has 2 heterocycles. The Balaban J connectivity index is 1.29. The summed E-state index contributed by atoms with van der Waals surface area (Å²) in [6, 6.07) is 12.0. The van der Waals surface area contributed by atoms with Gasteiger partial charge in [-0.3, -0.25) is 4.79 Å². The minimum absolute atomic E-state index is 0.168. The van der Waals surface area contributed by atoms with E-state index in [4.69, 9.17) is 18.6 Å². The second-order valence-corrected chi connectivity index (χ2v) is 7.18. The van der Waals surface area contributed by atoms with E-state index in [-0.39, 0.29) is 24.1 Å². The fourth-order valence-electron chi connectivity index (χ4n) is 3.25. The summed E-state index contributed by atoms with van der Waals surface area (Å²) in [5.74, 6) is 0.759. The van der Waals surface area contributed by atoms with Gasteiger partial charge in [0.2, 0.25) is 11.2 Å². The van der Waals surface area contributed by atoms with Crippen LogP contribution in [-0.4, -0.2) is 19.5 Å². The average Bonchev–Trinajstić information content (AvgIpc) is 2.74. The van der Waals surface area contributed by atoms with E-state index in [1.54, 1.807) is 0 Å². The fourth-order valence-corrected chi connectivity index (χ4v) is 3.25. The number of hydrogen-bond donors (Lipinski definition) is 0. The average molecular weight is 386 g/mol. The molecule has 1 fully saturated rings. The van der Waals surface area contributed by atoms with Crippen molar-refractivity contribution in [3.63, 3.8) is 0 Å². The van der Waals surface area contributed by atoms with Crippen molar-refractivity contribution in [2.45, 2.75) is 64.3 Å². The molecule has 0 radical (unpaired) electrons. The molecule has 0 aliphatic carbocycles. The van der Waals surface area contributed by atoms with Gasteiger partial charge >= 0.3 is 0 Å². The van der Waals surface area contributed by atoms with Crippen molar-refractivity contribution in [1.29, 1.82) is 0 Å².